The number of ether oxygens (including phenoxy) is 3. The smallest absolute Gasteiger partial charge is 0.304 e. The van der Waals surface area contributed by atoms with Crippen molar-refractivity contribution in [3.05, 3.63) is 23.8 Å². The van der Waals surface area contributed by atoms with Crippen molar-refractivity contribution in [2.75, 3.05) is 21.0 Å². The van der Waals surface area contributed by atoms with Crippen LogP contribution in [0, 0.1) is 0 Å². The molecule has 0 saturated carbocycles. The summed E-state index contributed by atoms with van der Waals surface area (Å²) in [5, 5.41) is 2.44. The van der Waals surface area contributed by atoms with Gasteiger partial charge in [-0.2, -0.15) is 0 Å². The number of carbonyl (C=O) groups excluding carboxylic acids is 2. The molecule has 0 spiro atoms. The number of nitrogens with one attached hydrogen (secondary N) is 1. The minimum atomic E-state index is -0.465. The van der Waals surface area contributed by atoms with Crippen molar-refractivity contribution in [2.24, 2.45) is 0 Å². The van der Waals surface area contributed by atoms with E-state index < -0.39 is 11.9 Å². The highest BCUT2D eigenvalue weighted by molar-refractivity contribution is 5.97. The quantitative estimate of drug-likeness (QED) is 0.624. The van der Waals surface area contributed by atoms with Crippen LogP contribution in [0.5, 0.6) is 11.5 Å². The summed E-state index contributed by atoms with van der Waals surface area (Å²) in [6, 6.07) is 4.85. The first-order valence-electron chi connectivity index (χ1n) is 5.22. The van der Waals surface area contributed by atoms with Gasteiger partial charge in [0.05, 0.1) is 19.8 Å². The summed E-state index contributed by atoms with van der Waals surface area (Å²) < 4.78 is 14.7. The van der Waals surface area contributed by atoms with Gasteiger partial charge >= 0.3 is 5.97 Å². The molecule has 0 radical (unpaired) electrons. The van der Waals surface area contributed by atoms with Crippen LogP contribution in [-0.2, 0) is 9.53 Å². The van der Waals surface area contributed by atoms with Crippen molar-refractivity contribution in [3.8, 4) is 11.5 Å². The maximum absolute atomic E-state index is 11.8. The molecule has 0 aliphatic carbocycles. The first kappa shape index (κ1) is 13.8. The minimum Gasteiger partial charge on any atom is -0.497 e. The Morgan fingerprint density at radius 3 is 2.50 bits per heavy atom. The molecule has 0 aliphatic heterocycles. The number of methoxy groups -OCH3 is 2. The average Bonchev–Trinajstić information content (AvgIpc) is 2.37. The van der Waals surface area contributed by atoms with Crippen molar-refractivity contribution in [2.45, 2.75) is 6.92 Å². The van der Waals surface area contributed by atoms with Crippen LogP contribution in [0.3, 0.4) is 0 Å². The monoisotopic (exact) mass is 253 g/mol. The summed E-state index contributed by atoms with van der Waals surface area (Å²) in [7, 11) is 2.97. The fourth-order valence-corrected chi connectivity index (χ4v) is 1.29. The van der Waals surface area contributed by atoms with Gasteiger partial charge < -0.3 is 19.5 Å². The van der Waals surface area contributed by atoms with Gasteiger partial charge in [0.25, 0.3) is 5.91 Å². The highest BCUT2D eigenvalue weighted by Crippen LogP contribution is 2.23. The lowest BCUT2D eigenvalue weighted by Gasteiger charge is -2.10. The Labute approximate surface area is 105 Å². The molecule has 1 N–H and O–H groups in total. The van der Waals surface area contributed by atoms with Gasteiger partial charge in [-0.3, -0.25) is 9.59 Å². The zero-order chi connectivity index (χ0) is 13.5. The van der Waals surface area contributed by atoms with E-state index in [2.05, 4.69) is 10.1 Å². The van der Waals surface area contributed by atoms with Gasteiger partial charge in [-0.15, -0.1) is 0 Å². The summed E-state index contributed by atoms with van der Waals surface area (Å²) in [5.41, 5.74) is 0.309. The second-order valence-electron chi connectivity index (χ2n) is 3.35. The van der Waals surface area contributed by atoms with Gasteiger partial charge in [0, 0.05) is 6.92 Å². The van der Waals surface area contributed by atoms with Crippen LogP contribution in [0.1, 0.15) is 17.3 Å². The third kappa shape index (κ3) is 3.65. The number of carbonyl (C=O) groups is 2. The second kappa shape index (κ2) is 6.48. The van der Waals surface area contributed by atoms with E-state index >= 15 is 0 Å². The molecule has 0 atom stereocenters. The minimum absolute atomic E-state index is 0.186. The molecule has 0 unspecified atom stereocenters. The van der Waals surface area contributed by atoms with Gasteiger partial charge in [0.15, 0.2) is 6.73 Å². The molecular weight excluding hydrogens is 238 g/mol. The van der Waals surface area contributed by atoms with E-state index in [1.807, 2.05) is 0 Å². The average molecular weight is 253 g/mol. The Morgan fingerprint density at radius 1 is 1.22 bits per heavy atom. The Morgan fingerprint density at radius 2 is 1.94 bits per heavy atom. The molecule has 18 heavy (non-hydrogen) atoms. The third-order valence-corrected chi connectivity index (χ3v) is 2.16. The molecule has 0 saturated heterocycles. The van der Waals surface area contributed by atoms with Crippen LogP contribution < -0.4 is 14.8 Å². The standard InChI is InChI=1S/C12H15NO5/c1-8(14)18-7-13-12(15)10-6-9(16-2)4-5-11(10)17-3/h4-6H,7H2,1-3H3,(H,13,15). The molecule has 0 aromatic heterocycles. The number of rotatable bonds is 5. The molecule has 0 bridgehead atoms. The summed E-state index contributed by atoms with van der Waals surface area (Å²) in [6.45, 7) is 1.08. The number of amides is 1. The molecule has 1 rings (SSSR count). The topological polar surface area (TPSA) is 73.9 Å². The Balaban J connectivity index is 2.79. The highest BCUT2D eigenvalue weighted by atomic mass is 16.5. The Kier molecular flexibility index (Phi) is 4.98. The molecule has 0 aliphatic rings. The lowest BCUT2D eigenvalue weighted by molar-refractivity contribution is -0.141. The van der Waals surface area contributed by atoms with Crippen LogP contribution in [-0.4, -0.2) is 32.8 Å². The van der Waals surface area contributed by atoms with E-state index in [9.17, 15) is 9.59 Å². The third-order valence-electron chi connectivity index (χ3n) is 2.16. The SMILES string of the molecule is COc1ccc(OC)c(C(=O)NCOC(C)=O)c1. The molecule has 6 nitrogen and oxygen atoms in total. The summed E-state index contributed by atoms with van der Waals surface area (Å²) in [4.78, 5) is 22.4. The van der Waals surface area contributed by atoms with Crippen molar-refractivity contribution in [1.29, 1.82) is 0 Å². The van der Waals surface area contributed by atoms with E-state index in [0.717, 1.165) is 0 Å². The van der Waals surface area contributed by atoms with E-state index in [-0.39, 0.29) is 6.73 Å². The molecule has 6 heteroatoms. The van der Waals surface area contributed by atoms with E-state index in [1.54, 1.807) is 18.2 Å². The Hall–Kier alpha value is -2.24. The van der Waals surface area contributed by atoms with Crippen molar-refractivity contribution >= 4 is 11.9 Å². The maximum atomic E-state index is 11.8. The first-order valence-corrected chi connectivity index (χ1v) is 5.22. The van der Waals surface area contributed by atoms with Gasteiger partial charge in [-0.05, 0) is 18.2 Å². The van der Waals surface area contributed by atoms with E-state index in [4.69, 9.17) is 9.47 Å². The lowest BCUT2D eigenvalue weighted by atomic mass is 10.2. The van der Waals surface area contributed by atoms with Gasteiger partial charge in [-0.25, -0.2) is 0 Å². The molecule has 1 aromatic rings. The largest absolute Gasteiger partial charge is 0.497 e. The van der Waals surface area contributed by atoms with Gasteiger partial charge in [-0.1, -0.05) is 0 Å². The molecule has 1 amide bonds. The van der Waals surface area contributed by atoms with Crippen LogP contribution in [0.25, 0.3) is 0 Å². The van der Waals surface area contributed by atoms with Crippen LogP contribution in [0.4, 0.5) is 0 Å². The highest BCUT2D eigenvalue weighted by Gasteiger charge is 2.13. The molecule has 1 aromatic carbocycles. The summed E-state index contributed by atoms with van der Waals surface area (Å²) in [5.74, 6) is 0.0736. The zero-order valence-electron chi connectivity index (χ0n) is 10.5. The maximum Gasteiger partial charge on any atom is 0.304 e. The van der Waals surface area contributed by atoms with Gasteiger partial charge in [0.2, 0.25) is 0 Å². The van der Waals surface area contributed by atoms with Crippen molar-refractivity contribution < 1.29 is 23.8 Å². The lowest BCUT2D eigenvalue weighted by Crippen LogP contribution is -2.27. The number of esters is 1. The molecule has 0 heterocycles. The predicted molar refractivity (Wildman–Crippen MR) is 63.6 cm³/mol. The Bertz CT molecular complexity index is 444. The number of hydrogen-bond acceptors (Lipinski definition) is 5. The molecule has 0 fully saturated rings. The summed E-state index contributed by atoms with van der Waals surface area (Å²) >= 11 is 0. The molecule has 98 valence electrons. The van der Waals surface area contributed by atoms with Crippen molar-refractivity contribution in [1.82, 2.24) is 5.32 Å². The van der Waals surface area contributed by atoms with E-state index in [0.29, 0.717) is 17.1 Å². The van der Waals surface area contributed by atoms with Crippen LogP contribution in [0.2, 0.25) is 0 Å². The second-order valence-corrected chi connectivity index (χ2v) is 3.35. The number of hydrogen-bond donors (Lipinski definition) is 1. The zero-order valence-corrected chi connectivity index (χ0v) is 10.5. The summed E-state index contributed by atoms with van der Waals surface area (Å²) in [6.07, 6.45) is 0. The fraction of sp³-hybridized carbons (Fsp3) is 0.333. The van der Waals surface area contributed by atoms with Crippen LogP contribution >= 0.6 is 0 Å². The van der Waals surface area contributed by atoms with Gasteiger partial charge in [0.1, 0.15) is 11.5 Å². The van der Waals surface area contributed by atoms with Crippen molar-refractivity contribution in [3.63, 3.8) is 0 Å². The van der Waals surface area contributed by atoms with Crippen LogP contribution in [0.15, 0.2) is 18.2 Å². The number of benzene rings is 1. The normalized spacial score (nSPS) is 9.50. The molecular formula is C12H15NO5. The first-order chi connectivity index (χ1) is 8.58. The van der Waals surface area contributed by atoms with E-state index in [1.165, 1.54) is 21.1 Å². The predicted octanol–water partition coefficient (Wildman–Crippen LogP) is 0.954. The fourth-order valence-electron chi connectivity index (χ4n) is 1.29.